The molecule has 0 aliphatic rings. The summed E-state index contributed by atoms with van der Waals surface area (Å²) in [6.07, 6.45) is 2.48. The summed E-state index contributed by atoms with van der Waals surface area (Å²) in [6.45, 7) is 1.98. The highest BCUT2D eigenvalue weighted by atomic mass is 35.5. The Hall–Kier alpha value is -0.740. The van der Waals surface area contributed by atoms with E-state index in [4.69, 9.17) is 22.7 Å². The van der Waals surface area contributed by atoms with Crippen LogP contribution in [-0.2, 0) is 0 Å². The molecule has 0 spiro atoms. The van der Waals surface area contributed by atoms with Gasteiger partial charge in [-0.2, -0.15) is 0 Å². The Morgan fingerprint density at radius 3 is 3.00 bits per heavy atom. The fourth-order valence-corrected chi connectivity index (χ4v) is 2.08. The maximum atomic E-state index is 7.36. The first kappa shape index (κ1) is 11.3. The number of aromatic nitrogens is 1. The molecule has 14 heavy (non-hydrogen) atoms. The molecule has 0 aliphatic carbocycles. The van der Waals surface area contributed by atoms with Crippen molar-refractivity contribution >= 4 is 29.2 Å². The highest BCUT2D eigenvalue weighted by Gasteiger charge is 2.13. The lowest BCUT2D eigenvalue weighted by molar-refractivity contribution is 0.984. The van der Waals surface area contributed by atoms with E-state index in [1.54, 1.807) is 18.3 Å². The van der Waals surface area contributed by atoms with Crippen LogP contribution in [0.2, 0.25) is 5.02 Å². The van der Waals surface area contributed by atoms with Crippen molar-refractivity contribution in [2.45, 2.75) is 23.6 Å². The third-order valence-electron chi connectivity index (χ3n) is 1.70. The first-order chi connectivity index (χ1) is 6.65. The number of hydrogen-bond acceptors (Lipinski definition) is 3. The van der Waals surface area contributed by atoms with Crippen LogP contribution in [0, 0.1) is 5.41 Å². The van der Waals surface area contributed by atoms with Gasteiger partial charge in [-0.15, -0.1) is 0 Å². The van der Waals surface area contributed by atoms with Gasteiger partial charge in [0, 0.05) is 6.20 Å². The molecule has 1 heterocycles. The molecule has 3 nitrogen and oxygen atoms in total. The van der Waals surface area contributed by atoms with Gasteiger partial charge < -0.3 is 5.73 Å². The second kappa shape index (κ2) is 5.22. The summed E-state index contributed by atoms with van der Waals surface area (Å²) in [6, 6.07) is 3.56. The van der Waals surface area contributed by atoms with Gasteiger partial charge in [-0.3, -0.25) is 5.41 Å². The van der Waals surface area contributed by atoms with Crippen LogP contribution in [0.4, 0.5) is 0 Å². The molecule has 0 aromatic carbocycles. The van der Waals surface area contributed by atoms with E-state index in [0.717, 1.165) is 11.4 Å². The molecule has 0 fully saturated rings. The van der Waals surface area contributed by atoms with Crippen molar-refractivity contribution in [1.82, 2.24) is 4.98 Å². The van der Waals surface area contributed by atoms with E-state index in [1.165, 1.54) is 11.8 Å². The van der Waals surface area contributed by atoms with Crippen LogP contribution in [0.15, 0.2) is 23.4 Å². The number of nitrogens with two attached hydrogens (primary N) is 1. The molecule has 1 rings (SSSR count). The smallest absolute Gasteiger partial charge is 0.115 e. The molecule has 1 aromatic heterocycles. The Morgan fingerprint density at radius 2 is 2.50 bits per heavy atom. The molecule has 0 saturated carbocycles. The van der Waals surface area contributed by atoms with Crippen molar-refractivity contribution in [3.8, 4) is 0 Å². The van der Waals surface area contributed by atoms with E-state index < -0.39 is 0 Å². The summed E-state index contributed by atoms with van der Waals surface area (Å²) < 4.78 is 0. The lowest BCUT2D eigenvalue weighted by Gasteiger charge is -2.12. The molecule has 0 aliphatic heterocycles. The first-order valence-corrected chi connectivity index (χ1v) is 5.52. The van der Waals surface area contributed by atoms with Crippen molar-refractivity contribution in [2.24, 2.45) is 5.73 Å². The van der Waals surface area contributed by atoms with Crippen molar-refractivity contribution in [3.05, 3.63) is 23.4 Å². The number of hydrogen-bond donors (Lipinski definition) is 2. The van der Waals surface area contributed by atoms with Crippen LogP contribution in [0.3, 0.4) is 0 Å². The summed E-state index contributed by atoms with van der Waals surface area (Å²) in [5, 5.41) is 8.66. The number of nitrogens with zero attached hydrogens (tertiary/aromatic N) is 1. The van der Waals surface area contributed by atoms with Crippen LogP contribution >= 0.6 is 23.4 Å². The van der Waals surface area contributed by atoms with Crippen LogP contribution in [-0.4, -0.2) is 16.1 Å². The van der Waals surface area contributed by atoms with E-state index >= 15 is 0 Å². The Kier molecular flexibility index (Phi) is 4.22. The van der Waals surface area contributed by atoms with Gasteiger partial charge in [-0.05, 0) is 18.6 Å². The van der Waals surface area contributed by atoms with E-state index in [9.17, 15) is 0 Å². The van der Waals surface area contributed by atoms with Crippen molar-refractivity contribution in [1.29, 1.82) is 5.41 Å². The van der Waals surface area contributed by atoms with E-state index in [1.807, 2.05) is 6.92 Å². The molecule has 1 unspecified atom stereocenters. The first-order valence-electron chi connectivity index (χ1n) is 4.26. The number of halogens is 1. The number of amidine groups is 1. The van der Waals surface area contributed by atoms with Gasteiger partial charge in [-0.1, -0.05) is 30.3 Å². The average molecular weight is 230 g/mol. The molecule has 3 N–H and O–H groups in total. The summed E-state index contributed by atoms with van der Waals surface area (Å²) in [4.78, 5) is 4.13. The fraction of sp³-hybridized carbons (Fsp3) is 0.333. The minimum Gasteiger partial charge on any atom is -0.387 e. The zero-order valence-electron chi connectivity index (χ0n) is 7.83. The van der Waals surface area contributed by atoms with E-state index in [-0.39, 0.29) is 11.1 Å². The largest absolute Gasteiger partial charge is 0.387 e. The van der Waals surface area contributed by atoms with Crippen LogP contribution in [0.5, 0.6) is 0 Å². The topological polar surface area (TPSA) is 62.8 Å². The van der Waals surface area contributed by atoms with Gasteiger partial charge in [0.05, 0.1) is 10.3 Å². The van der Waals surface area contributed by atoms with Crippen LogP contribution in [0.1, 0.15) is 13.3 Å². The number of nitrogens with one attached hydrogen (secondary N) is 1. The minimum absolute atomic E-state index is 0.0394. The molecule has 76 valence electrons. The lowest BCUT2D eigenvalue weighted by atomic mass is 10.3. The standard InChI is InChI=1S/C9H12ClN3S/c1-2-7(8(11)12)14-9-6(10)4-3-5-13-9/h3-5,7H,2H2,1H3,(H3,11,12). The molecular weight excluding hydrogens is 218 g/mol. The Morgan fingerprint density at radius 1 is 1.79 bits per heavy atom. The molecule has 1 atom stereocenters. The molecular formula is C9H12ClN3S. The Balaban J connectivity index is 2.77. The normalized spacial score (nSPS) is 12.4. The molecule has 0 amide bonds. The SMILES string of the molecule is CCC(Sc1ncccc1Cl)C(=N)N. The molecule has 1 aromatic rings. The van der Waals surface area contributed by atoms with Crippen molar-refractivity contribution in [3.63, 3.8) is 0 Å². The van der Waals surface area contributed by atoms with Gasteiger partial charge in [0.25, 0.3) is 0 Å². The van der Waals surface area contributed by atoms with Gasteiger partial charge in [-0.25, -0.2) is 4.98 Å². The predicted molar refractivity (Wildman–Crippen MR) is 61.1 cm³/mol. The third kappa shape index (κ3) is 2.89. The second-order valence-electron chi connectivity index (χ2n) is 2.76. The summed E-state index contributed by atoms with van der Waals surface area (Å²) >= 11 is 7.37. The molecule has 0 radical (unpaired) electrons. The van der Waals surface area contributed by atoms with Gasteiger partial charge in [0.15, 0.2) is 0 Å². The van der Waals surface area contributed by atoms with Gasteiger partial charge in [0.2, 0.25) is 0 Å². The number of rotatable bonds is 4. The summed E-state index contributed by atoms with van der Waals surface area (Å²) in [7, 11) is 0. The average Bonchev–Trinajstić information content (AvgIpc) is 2.16. The van der Waals surface area contributed by atoms with Gasteiger partial charge in [0.1, 0.15) is 10.9 Å². The van der Waals surface area contributed by atoms with Crippen LogP contribution < -0.4 is 5.73 Å². The summed E-state index contributed by atoms with van der Waals surface area (Å²) in [5.74, 6) is 0.166. The highest BCUT2D eigenvalue weighted by Crippen LogP contribution is 2.29. The van der Waals surface area contributed by atoms with Crippen molar-refractivity contribution < 1.29 is 0 Å². The van der Waals surface area contributed by atoms with Crippen molar-refractivity contribution in [2.75, 3.05) is 0 Å². The molecule has 5 heteroatoms. The third-order valence-corrected chi connectivity index (χ3v) is 3.53. The fourth-order valence-electron chi connectivity index (χ4n) is 0.959. The molecule has 0 bridgehead atoms. The predicted octanol–water partition coefficient (Wildman–Crippen LogP) is 2.54. The number of thioether (sulfide) groups is 1. The zero-order valence-corrected chi connectivity index (χ0v) is 9.40. The summed E-state index contributed by atoms with van der Waals surface area (Å²) in [5.41, 5.74) is 5.44. The van der Waals surface area contributed by atoms with Gasteiger partial charge >= 0.3 is 0 Å². The minimum atomic E-state index is -0.0394. The Bertz CT molecular complexity index is 330. The Labute approximate surface area is 92.6 Å². The monoisotopic (exact) mass is 229 g/mol. The maximum Gasteiger partial charge on any atom is 0.115 e. The zero-order chi connectivity index (χ0) is 10.6. The lowest BCUT2D eigenvalue weighted by Crippen LogP contribution is -2.24. The maximum absolute atomic E-state index is 7.36. The molecule has 0 saturated heterocycles. The van der Waals surface area contributed by atoms with E-state index in [2.05, 4.69) is 4.98 Å². The quantitative estimate of drug-likeness (QED) is 0.474. The van der Waals surface area contributed by atoms with Crippen LogP contribution in [0.25, 0.3) is 0 Å². The number of pyridine rings is 1. The highest BCUT2D eigenvalue weighted by molar-refractivity contribution is 8.00. The second-order valence-corrected chi connectivity index (χ2v) is 4.36. The van der Waals surface area contributed by atoms with E-state index in [0.29, 0.717) is 5.02 Å².